The van der Waals surface area contributed by atoms with Gasteiger partial charge in [-0.3, -0.25) is 0 Å². The Morgan fingerprint density at radius 1 is 1.28 bits per heavy atom. The molecule has 2 aliphatic carbocycles. The second-order valence-electron chi connectivity index (χ2n) is 7.88. The van der Waals surface area contributed by atoms with Crippen molar-refractivity contribution >= 4 is 0 Å². The van der Waals surface area contributed by atoms with E-state index in [9.17, 15) is 5.11 Å². The lowest BCUT2D eigenvalue weighted by molar-refractivity contribution is -0.136. The Labute approximate surface area is 113 Å². The highest BCUT2D eigenvalue weighted by Gasteiger charge is 2.70. The van der Waals surface area contributed by atoms with Crippen molar-refractivity contribution < 1.29 is 5.11 Å². The van der Waals surface area contributed by atoms with Crippen molar-refractivity contribution in [3.05, 3.63) is 0 Å². The van der Waals surface area contributed by atoms with Gasteiger partial charge >= 0.3 is 0 Å². The number of rotatable bonds is 4. The molecule has 0 aromatic carbocycles. The van der Waals surface area contributed by atoms with Gasteiger partial charge in [0.15, 0.2) is 0 Å². The first-order valence-electron chi connectivity index (χ1n) is 7.54. The SMILES string of the molecule is CC(C)[C@@]1(O)C[C@H]2CC[C@]1(CCN(C)C)C2(C)C. The molecular weight excluding hydrogens is 222 g/mol. The molecular formula is C16H31NO. The van der Waals surface area contributed by atoms with E-state index in [-0.39, 0.29) is 5.41 Å². The van der Waals surface area contributed by atoms with E-state index < -0.39 is 5.60 Å². The fourth-order valence-electron chi connectivity index (χ4n) is 5.06. The van der Waals surface area contributed by atoms with Gasteiger partial charge in [-0.2, -0.15) is 0 Å². The third-order valence-corrected chi connectivity index (χ3v) is 6.50. The third kappa shape index (κ3) is 1.61. The zero-order valence-corrected chi connectivity index (χ0v) is 13.1. The van der Waals surface area contributed by atoms with Gasteiger partial charge < -0.3 is 10.0 Å². The van der Waals surface area contributed by atoms with Crippen LogP contribution in [0.2, 0.25) is 0 Å². The maximum absolute atomic E-state index is 11.3. The second kappa shape index (κ2) is 4.21. The van der Waals surface area contributed by atoms with Crippen LogP contribution in [-0.2, 0) is 0 Å². The van der Waals surface area contributed by atoms with Crippen LogP contribution in [0, 0.1) is 22.7 Å². The lowest BCUT2D eigenvalue weighted by Crippen LogP contribution is -2.53. The van der Waals surface area contributed by atoms with Crippen LogP contribution in [0.15, 0.2) is 0 Å². The van der Waals surface area contributed by atoms with Crippen LogP contribution >= 0.6 is 0 Å². The molecule has 0 aromatic heterocycles. The van der Waals surface area contributed by atoms with E-state index in [0.29, 0.717) is 17.3 Å². The molecule has 2 rings (SSSR count). The van der Waals surface area contributed by atoms with E-state index in [1.807, 2.05) is 0 Å². The van der Waals surface area contributed by atoms with Crippen LogP contribution in [0.25, 0.3) is 0 Å². The first kappa shape index (κ1) is 14.3. The zero-order valence-electron chi connectivity index (χ0n) is 13.1. The molecule has 0 aliphatic heterocycles. The van der Waals surface area contributed by atoms with E-state index in [0.717, 1.165) is 19.4 Å². The molecule has 0 heterocycles. The maximum Gasteiger partial charge on any atom is 0.0734 e. The molecule has 0 radical (unpaired) electrons. The maximum atomic E-state index is 11.3. The molecule has 1 N–H and O–H groups in total. The lowest BCUT2D eigenvalue weighted by Gasteiger charge is -2.51. The van der Waals surface area contributed by atoms with Crippen molar-refractivity contribution in [1.29, 1.82) is 0 Å². The zero-order chi connectivity index (χ0) is 13.8. The minimum Gasteiger partial charge on any atom is -0.389 e. The van der Waals surface area contributed by atoms with Crippen LogP contribution in [0.5, 0.6) is 0 Å². The molecule has 0 spiro atoms. The highest BCUT2D eigenvalue weighted by atomic mass is 16.3. The monoisotopic (exact) mass is 253 g/mol. The highest BCUT2D eigenvalue weighted by Crippen LogP contribution is 2.72. The summed E-state index contributed by atoms with van der Waals surface area (Å²) in [6.07, 6.45) is 4.69. The predicted octanol–water partition coefficient (Wildman–Crippen LogP) is 3.15. The molecule has 2 saturated carbocycles. The first-order chi connectivity index (χ1) is 8.17. The Hall–Kier alpha value is -0.0800. The lowest BCUT2D eigenvalue weighted by atomic mass is 9.58. The van der Waals surface area contributed by atoms with E-state index in [2.05, 4.69) is 46.7 Å². The smallest absolute Gasteiger partial charge is 0.0734 e. The predicted molar refractivity (Wildman–Crippen MR) is 76.5 cm³/mol. The van der Waals surface area contributed by atoms with Crippen molar-refractivity contribution in [2.24, 2.45) is 22.7 Å². The number of fused-ring (bicyclic) bond motifs is 2. The summed E-state index contributed by atoms with van der Waals surface area (Å²) in [6.45, 7) is 10.3. The van der Waals surface area contributed by atoms with E-state index in [1.54, 1.807) is 0 Å². The molecule has 0 aromatic rings. The number of hydrogen-bond acceptors (Lipinski definition) is 2. The van der Waals surface area contributed by atoms with Crippen LogP contribution in [0.1, 0.15) is 53.4 Å². The first-order valence-corrected chi connectivity index (χ1v) is 7.54. The summed E-state index contributed by atoms with van der Waals surface area (Å²) in [4.78, 5) is 2.26. The molecule has 106 valence electrons. The minimum atomic E-state index is -0.449. The largest absolute Gasteiger partial charge is 0.389 e. The topological polar surface area (TPSA) is 23.5 Å². The summed E-state index contributed by atoms with van der Waals surface area (Å²) in [5.41, 5.74) is -0.0272. The van der Waals surface area contributed by atoms with Crippen molar-refractivity contribution in [3.63, 3.8) is 0 Å². The van der Waals surface area contributed by atoms with Crippen molar-refractivity contribution in [1.82, 2.24) is 4.90 Å². The Kier molecular flexibility index (Phi) is 3.35. The molecule has 2 nitrogen and oxygen atoms in total. The van der Waals surface area contributed by atoms with E-state index >= 15 is 0 Å². The van der Waals surface area contributed by atoms with Gasteiger partial charge in [-0.05, 0) is 63.6 Å². The molecule has 0 unspecified atom stereocenters. The fraction of sp³-hybridized carbons (Fsp3) is 1.00. The Bertz CT molecular complexity index is 323. The molecule has 2 aliphatic rings. The summed E-state index contributed by atoms with van der Waals surface area (Å²) in [7, 11) is 4.28. The molecule has 2 heteroatoms. The molecule has 18 heavy (non-hydrogen) atoms. The number of hydrogen-bond donors (Lipinski definition) is 1. The van der Waals surface area contributed by atoms with Crippen molar-refractivity contribution in [2.45, 2.75) is 59.0 Å². The number of aliphatic hydroxyl groups is 1. The van der Waals surface area contributed by atoms with Crippen molar-refractivity contribution in [2.75, 3.05) is 20.6 Å². The molecule has 0 saturated heterocycles. The molecule has 0 amide bonds. The highest BCUT2D eigenvalue weighted by molar-refractivity contribution is 5.20. The Morgan fingerprint density at radius 3 is 2.33 bits per heavy atom. The van der Waals surface area contributed by atoms with Crippen LogP contribution in [0.3, 0.4) is 0 Å². The van der Waals surface area contributed by atoms with E-state index in [4.69, 9.17) is 0 Å². The Morgan fingerprint density at radius 2 is 1.89 bits per heavy atom. The van der Waals surface area contributed by atoms with Gasteiger partial charge in [0, 0.05) is 5.41 Å². The van der Waals surface area contributed by atoms with Gasteiger partial charge in [0.2, 0.25) is 0 Å². The Balaban J connectivity index is 2.35. The van der Waals surface area contributed by atoms with Gasteiger partial charge in [0.25, 0.3) is 0 Å². The summed E-state index contributed by atoms with van der Waals surface area (Å²) in [6, 6.07) is 0. The number of nitrogens with zero attached hydrogens (tertiary/aromatic N) is 1. The van der Waals surface area contributed by atoms with Gasteiger partial charge in [-0.15, -0.1) is 0 Å². The fourth-order valence-corrected chi connectivity index (χ4v) is 5.06. The average Bonchev–Trinajstić information content (AvgIpc) is 2.58. The summed E-state index contributed by atoms with van der Waals surface area (Å²) in [5.74, 6) is 1.08. The summed E-state index contributed by atoms with van der Waals surface area (Å²) in [5, 5.41) is 11.3. The van der Waals surface area contributed by atoms with Gasteiger partial charge in [0.05, 0.1) is 5.60 Å². The standard InChI is InChI=1S/C16H31NO/c1-12(2)16(18)11-13-7-8-15(16,14(13,3)4)9-10-17(5)6/h12-13,18H,7-11H2,1-6H3/t13-,15+,16+/m1/s1. The van der Waals surface area contributed by atoms with Crippen LogP contribution in [-0.4, -0.2) is 36.2 Å². The van der Waals surface area contributed by atoms with Gasteiger partial charge in [0.1, 0.15) is 0 Å². The third-order valence-electron chi connectivity index (χ3n) is 6.50. The summed E-state index contributed by atoms with van der Waals surface area (Å²) < 4.78 is 0. The quantitative estimate of drug-likeness (QED) is 0.832. The summed E-state index contributed by atoms with van der Waals surface area (Å²) >= 11 is 0. The van der Waals surface area contributed by atoms with E-state index in [1.165, 1.54) is 12.8 Å². The van der Waals surface area contributed by atoms with Crippen molar-refractivity contribution in [3.8, 4) is 0 Å². The molecule has 2 fully saturated rings. The molecule has 3 atom stereocenters. The van der Waals surface area contributed by atoms with Crippen LogP contribution < -0.4 is 0 Å². The molecule has 2 bridgehead atoms. The average molecular weight is 253 g/mol. The minimum absolute atomic E-state index is 0.128. The van der Waals surface area contributed by atoms with Crippen LogP contribution in [0.4, 0.5) is 0 Å². The van der Waals surface area contributed by atoms with Gasteiger partial charge in [-0.1, -0.05) is 27.7 Å². The van der Waals surface area contributed by atoms with Gasteiger partial charge in [-0.25, -0.2) is 0 Å². The normalized spacial score (nSPS) is 42.2. The second-order valence-corrected chi connectivity index (χ2v) is 7.88.